The molecular weight excluding hydrogens is 690 g/mol. The molecule has 1 amide bonds. The molecule has 3 N–H and O–H groups in total. The van der Waals surface area contributed by atoms with Crippen LogP contribution in [-0.2, 0) is 19.2 Å². The van der Waals surface area contributed by atoms with E-state index in [-0.39, 0.29) is 43.1 Å². The minimum atomic E-state index is -3.28. The van der Waals surface area contributed by atoms with Crippen molar-refractivity contribution in [2.75, 3.05) is 33.5 Å². The molecule has 0 radical (unpaired) electrons. The molecule has 1 aliphatic carbocycles. The summed E-state index contributed by atoms with van der Waals surface area (Å²) in [4.78, 5) is 51.2. The predicted molar refractivity (Wildman–Crippen MR) is 181 cm³/mol. The van der Waals surface area contributed by atoms with Crippen molar-refractivity contribution in [3.8, 4) is 17.2 Å². The van der Waals surface area contributed by atoms with Crippen LogP contribution in [-0.4, -0.2) is 84.8 Å². The molecule has 3 rings (SSSR count). The molecule has 0 spiro atoms. The third kappa shape index (κ3) is 14.6. The van der Waals surface area contributed by atoms with Crippen molar-refractivity contribution in [3.05, 3.63) is 88.5 Å². The zero-order valence-electron chi connectivity index (χ0n) is 28.7. The minimum Gasteiger partial charge on any atom is -0.493 e. The average Bonchev–Trinajstić information content (AvgIpc) is 3.39. The lowest BCUT2D eigenvalue weighted by molar-refractivity contribution is -0.757. The third-order valence-electron chi connectivity index (χ3n) is 8.02. The molecule has 4 atom stereocenters. The quantitative estimate of drug-likeness (QED) is 0.0381. The highest BCUT2D eigenvalue weighted by molar-refractivity contribution is 5.90. The number of para-hydroxylation sites is 1. The maximum atomic E-state index is 14.4. The van der Waals surface area contributed by atoms with Crippen molar-refractivity contribution in [2.24, 2.45) is 11.8 Å². The van der Waals surface area contributed by atoms with Gasteiger partial charge in [-0.3, -0.25) is 4.79 Å². The molecule has 0 unspecified atom stereocenters. The number of carbonyl (C=O) groups is 3. The summed E-state index contributed by atoms with van der Waals surface area (Å²) in [6.07, 6.45) is 5.87. The van der Waals surface area contributed by atoms with Gasteiger partial charge in [0.1, 0.15) is 12.3 Å². The van der Waals surface area contributed by atoms with Crippen LogP contribution >= 0.6 is 0 Å². The number of unbranched alkanes of at least 4 members (excludes halogenated alkanes) is 2. The third-order valence-corrected chi connectivity index (χ3v) is 8.02. The van der Waals surface area contributed by atoms with Gasteiger partial charge in [-0.25, -0.2) is 9.59 Å². The van der Waals surface area contributed by atoms with E-state index in [4.69, 9.17) is 18.9 Å². The number of alkyl halides is 2. The van der Waals surface area contributed by atoms with Gasteiger partial charge in [0.2, 0.25) is 5.91 Å². The van der Waals surface area contributed by atoms with Gasteiger partial charge in [0.15, 0.2) is 18.1 Å². The van der Waals surface area contributed by atoms with Crippen LogP contribution in [0.4, 0.5) is 8.78 Å². The summed E-state index contributed by atoms with van der Waals surface area (Å²) < 4.78 is 49.6. The van der Waals surface area contributed by atoms with E-state index in [2.05, 4.69) is 10.2 Å². The molecule has 52 heavy (non-hydrogen) atoms. The van der Waals surface area contributed by atoms with Crippen LogP contribution in [0.1, 0.15) is 55.3 Å². The van der Waals surface area contributed by atoms with Crippen LogP contribution in [0.2, 0.25) is 0 Å². The summed E-state index contributed by atoms with van der Waals surface area (Å²) in [5.41, 5.74) is 0.125. The van der Waals surface area contributed by atoms with E-state index >= 15 is 0 Å². The van der Waals surface area contributed by atoms with E-state index in [1.807, 2.05) is 6.08 Å². The Balaban J connectivity index is 1.35. The van der Waals surface area contributed by atoms with Gasteiger partial charge in [0.05, 0.1) is 38.1 Å². The zero-order chi connectivity index (χ0) is 37.9. The van der Waals surface area contributed by atoms with Crippen molar-refractivity contribution in [1.29, 1.82) is 0 Å². The normalized spacial score (nSPS) is 18.6. The fourth-order valence-corrected chi connectivity index (χ4v) is 5.34. The second-order valence-electron chi connectivity index (χ2n) is 11.9. The van der Waals surface area contributed by atoms with Crippen LogP contribution in [0.25, 0.3) is 0 Å². The number of hydrogen-bond donors (Lipinski definition) is 3. The van der Waals surface area contributed by atoms with E-state index in [1.54, 1.807) is 36.4 Å². The van der Waals surface area contributed by atoms with E-state index in [1.165, 1.54) is 31.4 Å². The summed E-state index contributed by atoms with van der Waals surface area (Å²) in [5.74, 6) is -5.84. The van der Waals surface area contributed by atoms with Crippen LogP contribution < -0.4 is 19.5 Å². The SMILES string of the molecule is COc1cc(C(=O)OCCCCO[N+](=O)[O-])ccc1OC(=O)CNC(=O)CCC/C=C\C[C@@H]1[C@@H](/C=C/C(F)(F)COc2ccccc2)[C@H](O)C[C@@H]1O. The number of carbonyl (C=O) groups excluding carboxylic acids is 3. The number of halogens is 2. The second-order valence-corrected chi connectivity index (χ2v) is 11.9. The Kier molecular flexibility index (Phi) is 16.9. The Bertz CT molecular complexity index is 1520. The van der Waals surface area contributed by atoms with E-state index in [0.717, 1.165) is 0 Å². The molecule has 0 aromatic heterocycles. The first-order chi connectivity index (χ1) is 24.9. The summed E-state index contributed by atoms with van der Waals surface area (Å²) in [5, 5.41) is 32.5. The van der Waals surface area contributed by atoms with Crippen molar-refractivity contribution in [1.82, 2.24) is 5.32 Å². The number of aliphatic hydroxyl groups is 2. The number of allylic oxidation sites excluding steroid dienone is 2. The van der Waals surface area contributed by atoms with Crippen LogP contribution in [0.3, 0.4) is 0 Å². The number of esters is 2. The first kappa shape index (κ1) is 41.3. The summed E-state index contributed by atoms with van der Waals surface area (Å²) in [7, 11) is 1.31. The lowest BCUT2D eigenvalue weighted by Crippen LogP contribution is -2.31. The first-order valence-electron chi connectivity index (χ1n) is 16.7. The number of hydrogen-bond acceptors (Lipinski definition) is 12. The van der Waals surface area contributed by atoms with Crippen LogP contribution in [0.15, 0.2) is 72.8 Å². The highest BCUT2D eigenvalue weighted by Gasteiger charge is 2.40. The topological polar surface area (TPSA) is 193 Å². The molecule has 2 aromatic rings. The number of methoxy groups -OCH3 is 1. The molecule has 284 valence electrons. The van der Waals surface area contributed by atoms with Gasteiger partial charge < -0.3 is 39.3 Å². The Morgan fingerprint density at radius 2 is 1.77 bits per heavy atom. The predicted octanol–water partition coefficient (Wildman–Crippen LogP) is 4.61. The van der Waals surface area contributed by atoms with E-state index < -0.39 is 66.1 Å². The molecule has 1 saturated carbocycles. The highest BCUT2D eigenvalue weighted by Crippen LogP contribution is 2.37. The fourth-order valence-electron chi connectivity index (χ4n) is 5.34. The first-order valence-corrected chi connectivity index (χ1v) is 16.7. The maximum absolute atomic E-state index is 14.4. The van der Waals surface area contributed by atoms with Gasteiger partial charge >= 0.3 is 11.9 Å². The highest BCUT2D eigenvalue weighted by atomic mass is 19.3. The Hall–Kier alpha value is -5.09. The molecule has 0 bridgehead atoms. The van der Waals surface area contributed by atoms with E-state index in [9.17, 15) is 43.5 Å². The average molecular weight is 735 g/mol. The number of amides is 1. The van der Waals surface area contributed by atoms with Crippen molar-refractivity contribution in [3.63, 3.8) is 0 Å². The maximum Gasteiger partial charge on any atom is 0.338 e. The molecule has 0 saturated heterocycles. The standard InChI is InChI=1S/C36H44F2N2O12/c1-48-32-21-25(35(45)49-19-9-10-20-51-40(46)47)15-16-31(32)52-34(44)23-39-33(43)14-8-3-2-7-13-27-28(30(42)22-29(27)41)17-18-36(37,38)24-50-26-11-5-4-6-12-26/h2,4-7,11-12,15-18,21,27-30,41-42H,3,8-10,13-14,19-20,22-24H2,1H3,(H,39,43)/b7-2-,18-17+/t27-,28-,29+,30-/m1/s1. The second kappa shape index (κ2) is 21.3. The summed E-state index contributed by atoms with van der Waals surface area (Å²) in [6, 6.07) is 12.3. The molecule has 16 heteroatoms. The fraction of sp³-hybridized carbons (Fsp3) is 0.472. The summed E-state index contributed by atoms with van der Waals surface area (Å²) in [6.45, 7) is -1.38. The smallest absolute Gasteiger partial charge is 0.338 e. The number of aliphatic hydroxyl groups excluding tert-OH is 2. The van der Waals surface area contributed by atoms with Gasteiger partial charge in [-0.05, 0) is 74.4 Å². The van der Waals surface area contributed by atoms with Gasteiger partial charge in [0, 0.05) is 18.8 Å². The molecule has 0 heterocycles. The van der Waals surface area contributed by atoms with Crippen molar-refractivity contribution in [2.45, 2.75) is 63.1 Å². The van der Waals surface area contributed by atoms with Crippen molar-refractivity contribution >= 4 is 17.8 Å². The van der Waals surface area contributed by atoms with Gasteiger partial charge in [-0.15, -0.1) is 10.1 Å². The lowest BCUT2D eigenvalue weighted by atomic mass is 9.89. The molecule has 0 aliphatic heterocycles. The Morgan fingerprint density at radius 3 is 2.50 bits per heavy atom. The zero-order valence-corrected chi connectivity index (χ0v) is 28.7. The van der Waals surface area contributed by atoms with Gasteiger partial charge in [-0.2, -0.15) is 8.78 Å². The van der Waals surface area contributed by atoms with Gasteiger partial charge in [0.25, 0.3) is 11.0 Å². The number of nitrogens with one attached hydrogen (secondary N) is 1. The monoisotopic (exact) mass is 734 g/mol. The number of benzene rings is 2. The lowest BCUT2D eigenvalue weighted by Gasteiger charge is -2.20. The van der Waals surface area contributed by atoms with Crippen molar-refractivity contribution < 1.29 is 62.2 Å². The molecule has 1 aliphatic rings. The number of rotatable bonds is 22. The molecular formula is C36H44F2N2O12. The summed E-state index contributed by atoms with van der Waals surface area (Å²) >= 11 is 0. The van der Waals surface area contributed by atoms with Gasteiger partial charge in [-0.1, -0.05) is 36.4 Å². The number of ether oxygens (including phenoxy) is 4. The Morgan fingerprint density at radius 1 is 1.02 bits per heavy atom. The largest absolute Gasteiger partial charge is 0.493 e. The number of nitrogens with zero attached hydrogens (tertiary/aromatic N) is 1. The molecule has 1 fully saturated rings. The van der Waals surface area contributed by atoms with E-state index in [0.29, 0.717) is 43.9 Å². The van der Waals surface area contributed by atoms with Crippen LogP contribution in [0.5, 0.6) is 17.2 Å². The minimum absolute atomic E-state index is 0.0156. The Labute approximate surface area is 299 Å². The molecule has 2 aromatic carbocycles. The molecule has 14 nitrogen and oxygen atoms in total. The van der Waals surface area contributed by atoms with Crippen LogP contribution in [0, 0.1) is 22.0 Å².